The molecule has 1 saturated heterocycles. The Balaban J connectivity index is 1.46. The largest absolute Gasteiger partial charge is 0.380 e. The molecule has 2 aliphatic heterocycles. The fraction of sp³-hybridized carbons (Fsp3) is 0.391. The molecule has 3 amide bonds. The van der Waals surface area contributed by atoms with Gasteiger partial charge in [0.25, 0.3) is 0 Å². The Hall–Kier alpha value is -2.97. The van der Waals surface area contributed by atoms with Crippen LogP contribution in [0.3, 0.4) is 0 Å². The Morgan fingerprint density at radius 3 is 2.55 bits per heavy atom. The number of hydrogen-bond donors (Lipinski definition) is 2. The maximum Gasteiger partial charge on any atom is 0.322 e. The molecule has 7 nitrogen and oxygen atoms in total. The number of nitrogens with one attached hydrogen (secondary N) is 2. The van der Waals surface area contributed by atoms with Crippen molar-refractivity contribution < 1.29 is 18.7 Å². The first-order chi connectivity index (χ1) is 14.9. The van der Waals surface area contributed by atoms with Crippen LogP contribution in [0.15, 0.2) is 42.5 Å². The van der Waals surface area contributed by atoms with E-state index in [9.17, 15) is 14.0 Å². The molecule has 2 atom stereocenters. The van der Waals surface area contributed by atoms with E-state index in [4.69, 9.17) is 4.74 Å². The number of halogens is 1. The molecule has 0 aromatic heterocycles. The second kappa shape index (κ2) is 9.03. The van der Waals surface area contributed by atoms with Gasteiger partial charge in [0, 0.05) is 44.5 Å². The van der Waals surface area contributed by atoms with Crippen molar-refractivity contribution in [2.45, 2.75) is 31.5 Å². The molecule has 0 aliphatic carbocycles. The first-order valence-electron chi connectivity index (χ1n) is 10.4. The van der Waals surface area contributed by atoms with Crippen molar-refractivity contribution in [3.05, 3.63) is 59.4 Å². The van der Waals surface area contributed by atoms with E-state index in [0.29, 0.717) is 18.7 Å². The SMILES string of the molecule is COC1C[C@H](C(=O)Nc2ccc3c(c2)CCN(C)C3)N(C(=O)Nc2ccc(F)cc2)C1. The minimum Gasteiger partial charge on any atom is -0.380 e. The second-order valence-electron chi connectivity index (χ2n) is 8.16. The lowest BCUT2D eigenvalue weighted by molar-refractivity contribution is -0.119. The van der Waals surface area contributed by atoms with Crippen LogP contribution in [0.4, 0.5) is 20.6 Å². The van der Waals surface area contributed by atoms with Crippen LogP contribution in [-0.2, 0) is 22.5 Å². The number of urea groups is 1. The quantitative estimate of drug-likeness (QED) is 0.788. The summed E-state index contributed by atoms with van der Waals surface area (Å²) in [5.41, 5.74) is 3.70. The third-order valence-electron chi connectivity index (χ3n) is 5.93. The predicted octanol–water partition coefficient (Wildman–Crippen LogP) is 3.07. The van der Waals surface area contributed by atoms with Crippen molar-refractivity contribution in [2.75, 3.05) is 37.9 Å². The van der Waals surface area contributed by atoms with Gasteiger partial charge in [-0.2, -0.15) is 0 Å². The van der Waals surface area contributed by atoms with Crippen LogP contribution in [0, 0.1) is 5.82 Å². The standard InChI is InChI=1S/C23H27FN4O3/c1-27-10-9-15-11-19(6-3-16(15)13-27)25-22(29)21-12-20(31-2)14-28(21)23(30)26-18-7-4-17(24)5-8-18/h3-8,11,20-21H,9-10,12-14H2,1-2H3,(H,25,29)(H,26,30)/t20?,21-/m1/s1. The van der Waals surface area contributed by atoms with E-state index < -0.39 is 12.1 Å². The van der Waals surface area contributed by atoms with E-state index in [1.807, 2.05) is 18.2 Å². The number of nitrogens with zero attached hydrogens (tertiary/aromatic N) is 2. The molecule has 2 aromatic carbocycles. The van der Waals surface area contributed by atoms with Crippen LogP contribution < -0.4 is 10.6 Å². The van der Waals surface area contributed by atoms with Crippen molar-refractivity contribution in [2.24, 2.45) is 0 Å². The van der Waals surface area contributed by atoms with Gasteiger partial charge in [-0.3, -0.25) is 4.79 Å². The highest BCUT2D eigenvalue weighted by Crippen LogP contribution is 2.25. The number of methoxy groups -OCH3 is 1. The van der Waals surface area contributed by atoms with Gasteiger partial charge in [-0.25, -0.2) is 9.18 Å². The summed E-state index contributed by atoms with van der Waals surface area (Å²) in [6, 6.07) is 10.4. The lowest BCUT2D eigenvalue weighted by atomic mass is 9.99. The van der Waals surface area contributed by atoms with Crippen LogP contribution in [-0.4, -0.2) is 61.1 Å². The third kappa shape index (κ3) is 4.86. The van der Waals surface area contributed by atoms with Crippen molar-refractivity contribution in [3.63, 3.8) is 0 Å². The number of carbonyl (C=O) groups is 2. The Kier molecular flexibility index (Phi) is 6.20. The first-order valence-corrected chi connectivity index (χ1v) is 10.4. The minimum absolute atomic E-state index is 0.228. The molecule has 1 unspecified atom stereocenters. The van der Waals surface area contributed by atoms with Gasteiger partial charge < -0.3 is 25.2 Å². The molecular formula is C23H27FN4O3. The molecule has 8 heteroatoms. The zero-order valence-electron chi connectivity index (χ0n) is 17.7. The van der Waals surface area contributed by atoms with Crippen LogP contribution in [0.1, 0.15) is 17.5 Å². The van der Waals surface area contributed by atoms with E-state index in [2.05, 4.69) is 22.6 Å². The summed E-state index contributed by atoms with van der Waals surface area (Å²) >= 11 is 0. The van der Waals surface area contributed by atoms with E-state index in [1.165, 1.54) is 40.3 Å². The van der Waals surface area contributed by atoms with Crippen molar-refractivity contribution in [3.8, 4) is 0 Å². The number of ether oxygens (including phenoxy) is 1. The first kappa shape index (κ1) is 21.3. The van der Waals surface area contributed by atoms with Gasteiger partial charge in [0.1, 0.15) is 11.9 Å². The molecule has 164 valence electrons. The van der Waals surface area contributed by atoms with Gasteiger partial charge in [-0.15, -0.1) is 0 Å². The molecule has 4 rings (SSSR count). The number of rotatable bonds is 4. The molecule has 2 aromatic rings. The van der Waals surface area contributed by atoms with Crippen molar-refractivity contribution >= 4 is 23.3 Å². The van der Waals surface area contributed by atoms with Crippen LogP contribution >= 0.6 is 0 Å². The average molecular weight is 426 g/mol. The number of fused-ring (bicyclic) bond motifs is 1. The number of anilines is 2. The van der Waals surface area contributed by atoms with Gasteiger partial charge in [-0.05, 0) is 61.0 Å². The van der Waals surface area contributed by atoms with Gasteiger partial charge in [0.05, 0.1) is 6.10 Å². The Labute approximate surface area is 181 Å². The number of amides is 3. The maximum absolute atomic E-state index is 13.1. The lowest BCUT2D eigenvalue weighted by Crippen LogP contribution is -2.45. The monoisotopic (exact) mass is 426 g/mol. The van der Waals surface area contributed by atoms with E-state index in [-0.39, 0.29) is 17.8 Å². The summed E-state index contributed by atoms with van der Waals surface area (Å²) in [5, 5.41) is 5.70. The normalized spacial score (nSPS) is 20.9. The third-order valence-corrected chi connectivity index (χ3v) is 5.93. The molecule has 31 heavy (non-hydrogen) atoms. The number of likely N-dealkylation sites (N-methyl/N-ethyl adjacent to an activating group) is 1. The number of hydrogen-bond acceptors (Lipinski definition) is 4. The van der Waals surface area contributed by atoms with Gasteiger partial charge in [0.15, 0.2) is 0 Å². The summed E-state index contributed by atoms with van der Waals surface area (Å²) in [6.07, 6.45) is 1.13. The van der Waals surface area contributed by atoms with Crippen molar-refractivity contribution in [1.29, 1.82) is 0 Å². The number of carbonyl (C=O) groups excluding carboxylic acids is 2. The molecule has 1 fully saturated rings. The number of benzene rings is 2. The zero-order chi connectivity index (χ0) is 22.0. The van der Waals surface area contributed by atoms with Crippen LogP contribution in [0.25, 0.3) is 0 Å². The topological polar surface area (TPSA) is 73.9 Å². The van der Waals surface area contributed by atoms with Gasteiger partial charge in [0.2, 0.25) is 5.91 Å². The summed E-state index contributed by atoms with van der Waals surface area (Å²) in [6.45, 7) is 2.19. The highest BCUT2D eigenvalue weighted by atomic mass is 19.1. The lowest BCUT2D eigenvalue weighted by Gasteiger charge is -2.26. The molecular weight excluding hydrogens is 399 g/mol. The summed E-state index contributed by atoms with van der Waals surface area (Å²) < 4.78 is 18.5. The second-order valence-corrected chi connectivity index (χ2v) is 8.16. The maximum atomic E-state index is 13.1. The molecule has 2 heterocycles. The molecule has 0 spiro atoms. The summed E-state index contributed by atoms with van der Waals surface area (Å²) in [7, 11) is 3.66. The summed E-state index contributed by atoms with van der Waals surface area (Å²) in [4.78, 5) is 29.6. The summed E-state index contributed by atoms with van der Waals surface area (Å²) in [5.74, 6) is -0.630. The fourth-order valence-electron chi connectivity index (χ4n) is 4.17. The highest BCUT2D eigenvalue weighted by Gasteiger charge is 2.40. The van der Waals surface area contributed by atoms with Crippen LogP contribution in [0.2, 0.25) is 0 Å². The number of likely N-dealkylation sites (tertiary alicyclic amines) is 1. The Morgan fingerprint density at radius 2 is 1.81 bits per heavy atom. The van der Waals surface area contributed by atoms with E-state index in [0.717, 1.165) is 25.2 Å². The van der Waals surface area contributed by atoms with E-state index in [1.54, 1.807) is 7.11 Å². The Morgan fingerprint density at radius 1 is 1.06 bits per heavy atom. The van der Waals surface area contributed by atoms with Crippen molar-refractivity contribution in [1.82, 2.24) is 9.80 Å². The molecule has 0 saturated carbocycles. The molecule has 2 aliphatic rings. The smallest absolute Gasteiger partial charge is 0.322 e. The molecule has 0 bridgehead atoms. The molecule has 0 radical (unpaired) electrons. The minimum atomic E-state index is -0.660. The van der Waals surface area contributed by atoms with Crippen LogP contribution in [0.5, 0.6) is 0 Å². The molecule has 2 N–H and O–H groups in total. The van der Waals surface area contributed by atoms with Gasteiger partial charge >= 0.3 is 6.03 Å². The zero-order valence-corrected chi connectivity index (χ0v) is 17.7. The van der Waals surface area contributed by atoms with Gasteiger partial charge in [-0.1, -0.05) is 6.07 Å². The average Bonchev–Trinajstić information content (AvgIpc) is 3.20. The Bertz CT molecular complexity index is 966. The highest BCUT2D eigenvalue weighted by molar-refractivity contribution is 5.99. The van der Waals surface area contributed by atoms with E-state index >= 15 is 0 Å². The fourth-order valence-corrected chi connectivity index (χ4v) is 4.17. The predicted molar refractivity (Wildman–Crippen MR) is 116 cm³/mol.